The number of hydrogen-bond acceptors (Lipinski definition) is 6. The standard InChI is InChI=1S/C33H47NO5/c1-20(8-13-30(39-23(4)35)33(15-16-33)31-34-21(2)19-38-31)27-11-12-28-24(7-6-14-32(27,28)5)9-10-25-17-26(36)18-29(37)22(25)3/h9-10,19-20,26-30,36-37H,3,6-8,11-18H2,1-2,4-5H3/b24-9+,25-10-/t20-,26-,27-,28+,29+,30-,32-/m1/s1. The molecular formula is C33H47NO5. The number of aliphatic hydroxyl groups is 2. The Bertz CT molecular complexity index is 1140. The third kappa shape index (κ3) is 5.56. The van der Waals surface area contributed by atoms with Crippen molar-refractivity contribution < 1.29 is 24.2 Å². The Kier molecular flexibility index (Phi) is 8.00. The van der Waals surface area contributed by atoms with Gasteiger partial charge in [0.2, 0.25) is 5.89 Å². The van der Waals surface area contributed by atoms with Crippen LogP contribution < -0.4 is 0 Å². The Labute approximate surface area is 233 Å². The molecule has 6 nitrogen and oxygen atoms in total. The number of rotatable bonds is 8. The van der Waals surface area contributed by atoms with Crippen LogP contribution in [0.25, 0.3) is 0 Å². The zero-order chi connectivity index (χ0) is 27.9. The van der Waals surface area contributed by atoms with Gasteiger partial charge in [-0.3, -0.25) is 4.79 Å². The summed E-state index contributed by atoms with van der Waals surface area (Å²) >= 11 is 0. The Hall–Kier alpha value is -2.18. The molecule has 4 aliphatic carbocycles. The lowest BCUT2D eigenvalue weighted by molar-refractivity contribution is -0.149. The molecule has 2 N–H and O–H groups in total. The van der Waals surface area contributed by atoms with Gasteiger partial charge in [-0.1, -0.05) is 38.2 Å². The Morgan fingerprint density at radius 2 is 2.03 bits per heavy atom. The molecule has 7 atom stereocenters. The third-order valence-corrected chi connectivity index (χ3v) is 10.6. The predicted molar refractivity (Wildman–Crippen MR) is 151 cm³/mol. The number of allylic oxidation sites excluding steroid dienone is 3. The van der Waals surface area contributed by atoms with Crippen molar-refractivity contribution in [2.24, 2.45) is 23.2 Å². The van der Waals surface area contributed by atoms with Crippen molar-refractivity contribution in [1.29, 1.82) is 0 Å². The summed E-state index contributed by atoms with van der Waals surface area (Å²) in [5.74, 6) is 2.22. The largest absolute Gasteiger partial charge is 0.461 e. The first-order valence-electron chi connectivity index (χ1n) is 15.1. The van der Waals surface area contributed by atoms with Crippen LogP contribution in [0.5, 0.6) is 0 Å². The molecule has 39 heavy (non-hydrogen) atoms. The van der Waals surface area contributed by atoms with E-state index in [0.717, 1.165) is 54.8 Å². The van der Waals surface area contributed by atoms with E-state index in [1.165, 1.54) is 38.2 Å². The van der Waals surface area contributed by atoms with E-state index in [2.05, 4.69) is 37.6 Å². The lowest BCUT2D eigenvalue weighted by Gasteiger charge is -2.44. The van der Waals surface area contributed by atoms with E-state index in [9.17, 15) is 15.0 Å². The van der Waals surface area contributed by atoms with Gasteiger partial charge in [-0.2, -0.15) is 0 Å². The molecule has 0 saturated heterocycles. The molecule has 1 aromatic rings. The van der Waals surface area contributed by atoms with Crippen LogP contribution in [-0.4, -0.2) is 39.5 Å². The van der Waals surface area contributed by atoms with E-state index in [1.54, 1.807) is 6.26 Å². The zero-order valence-electron chi connectivity index (χ0n) is 24.2. The monoisotopic (exact) mass is 537 g/mol. The molecule has 5 rings (SSSR count). The maximum atomic E-state index is 12.1. The quantitative estimate of drug-likeness (QED) is 0.368. The molecule has 4 saturated carbocycles. The molecule has 6 heteroatoms. The Morgan fingerprint density at radius 1 is 1.26 bits per heavy atom. The van der Waals surface area contributed by atoms with Crippen molar-refractivity contribution in [3.05, 3.63) is 53.3 Å². The summed E-state index contributed by atoms with van der Waals surface area (Å²) in [5, 5.41) is 20.4. The summed E-state index contributed by atoms with van der Waals surface area (Å²) in [6, 6.07) is 0. The molecule has 1 aromatic heterocycles. The first-order valence-corrected chi connectivity index (χ1v) is 15.1. The summed E-state index contributed by atoms with van der Waals surface area (Å²) in [6.45, 7) is 12.4. The van der Waals surface area contributed by atoms with Crippen LogP contribution in [0.2, 0.25) is 0 Å². The van der Waals surface area contributed by atoms with Crippen LogP contribution in [-0.2, 0) is 14.9 Å². The number of aromatic nitrogens is 1. The normalized spacial score (nSPS) is 35.6. The van der Waals surface area contributed by atoms with Crippen molar-refractivity contribution in [2.75, 3.05) is 0 Å². The molecule has 0 aromatic carbocycles. The van der Waals surface area contributed by atoms with Gasteiger partial charge in [0, 0.05) is 13.3 Å². The molecule has 0 spiro atoms. The van der Waals surface area contributed by atoms with E-state index >= 15 is 0 Å². The third-order valence-electron chi connectivity index (χ3n) is 10.6. The van der Waals surface area contributed by atoms with Gasteiger partial charge < -0.3 is 19.4 Å². The minimum absolute atomic E-state index is 0.191. The number of aliphatic hydroxyl groups excluding tert-OH is 2. The summed E-state index contributed by atoms with van der Waals surface area (Å²) in [5.41, 5.74) is 4.12. The summed E-state index contributed by atoms with van der Waals surface area (Å²) in [7, 11) is 0. The van der Waals surface area contributed by atoms with Gasteiger partial charge in [-0.15, -0.1) is 0 Å². The second-order valence-electron chi connectivity index (χ2n) is 13.3. The lowest BCUT2D eigenvalue weighted by atomic mass is 9.60. The number of nitrogens with zero attached hydrogens (tertiary/aromatic N) is 1. The average molecular weight is 538 g/mol. The van der Waals surface area contributed by atoms with E-state index < -0.39 is 12.2 Å². The maximum Gasteiger partial charge on any atom is 0.302 e. The van der Waals surface area contributed by atoms with Crippen molar-refractivity contribution in [3.63, 3.8) is 0 Å². The maximum absolute atomic E-state index is 12.1. The number of oxazole rings is 1. The van der Waals surface area contributed by atoms with Crippen molar-refractivity contribution in [3.8, 4) is 0 Å². The number of aryl methyl sites for hydroxylation is 1. The first-order chi connectivity index (χ1) is 18.5. The van der Waals surface area contributed by atoms with Gasteiger partial charge >= 0.3 is 5.97 Å². The van der Waals surface area contributed by atoms with Gasteiger partial charge in [-0.05, 0) is 105 Å². The second kappa shape index (κ2) is 11.0. The molecule has 0 unspecified atom stereocenters. The minimum Gasteiger partial charge on any atom is -0.461 e. The number of ether oxygens (including phenoxy) is 1. The van der Waals surface area contributed by atoms with Gasteiger partial charge in [0.25, 0.3) is 0 Å². The molecule has 0 radical (unpaired) electrons. The molecule has 0 aliphatic heterocycles. The highest BCUT2D eigenvalue weighted by molar-refractivity contribution is 5.66. The second-order valence-corrected chi connectivity index (χ2v) is 13.3. The highest BCUT2D eigenvalue weighted by atomic mass is 16.5. The van der Waals surface area contributed by atoms with Crippen LogP contribution in [0.4, 0.5) is 0 Å². The fraction of sp³-hybridized carbons (Fsp3) is 0.697. The van der Waals surface area contributed by atoms with E-state index in [1.807, 2.05) is 6.92 Å². The Balaban J connectivity index is 1.28. The smallest absolute Gasteiger partial charge is 0.302 e. The predicted octanol–water partition coefficient (Wildman–Crippen LogP) is 6.50. The van der Waals surface area contributed by atoms with Crippen LogP contribution in [0.15, 0.2) is 46.1 Å². The van der Waals surface area contributed by atoms with Gasteiger partial charge in [0.15, 0.2) is 0 Å². The summed E-state index contributed by atoms with van der Waals surface area (Å²) < 4.78 is 11.7. The minimum atomic E-state index is -0.648. The van der Waals surface area contributed by atoms with Crippen molar-refractivity contribution in [2.45, 2.75) is 122 Å². The van der Waals surface area contributed by atoms with E-state index in [4.69, 9.17) is 9.15 Å². The van der Waals surface area contributed by atoms with E-state index in [-0.39, 0.29) is 22.9 Å². The molecule has 214 valence electrons. The SMILES string of the molecule is C=C1/C(=C\C=C2/CCC[C@]3(C)[C@@H]([C@H](C)CC[C@@H](OC(C)=O)C4(c5nc(C)co5)CC4)CC[C@@H]23)C[C@@H](O)C[C@@H]1O. The zero-order valence-corrected chi connectivity index (χ0v) is 24.2. The molecular weight excluding hydrogens is 490 g/mol. The lowest BCUT2D eigenvalue weighted by Crippen LogP contribution is -2.37. The highest BCUT2D eigenvalue weighted by Crippen LogP contribution is 2.60. The molecule has 4 fully saturated rings. The van der Waals surface area contributed by atoms with E-state index in [0.29, 0.717) is 30.6 Å². The van der Waals surface area contributed by atoms with Gasteiger partial charge in [-0.25, -0.2) is 4.98 Å². The van der Waals surface area contributed by atoms with Crippen LogP contribution >= 0.6 is 0 Å². The van der Waals surface area contributed by atoms with Crippen LogP contribution in [0.1, 0.15) is 103 Å². The van der Waals surface area contributed by atoms with Crippen molar-refractivity contribution in [1.82, 2.24) is 4.98 Å². The number of hydrogen-bond donors (Lipinski definition) is 2. The summed E-state index contributed by atoms with van der Waals surface area (Å²) in [4.78, 5) is 16.7. The number of fused-ring (bicyclic) bond motifs is 1. The average Bonchev–Trinajstić information content (AvgIpc) is 3.43. The van der Waals surface area contributed by atoms with Gasteiger partial charge in [0.1, 0.15) is 12.4 Å². The van der Waals surface area contributed by atoms with Crippen LogP contribution in [0, 0.1) is 30.1 Å². The molecule has 1 heterocycles. The topological polar surface area (TPSA) is 92.8 Å². The number of carbonyl (C=O) groups excluding carboxylic acids is 1. The molecule has 0 amide bonds. The fourth-order valence-electron chi connectivity index (χ4n) is 8.33. The highest BCUT2D eigenvalue weighted by Gasteiger charge is 2.57. The van der Waals surface area contributed by atoms with Crippen LogP contribution in [0.3, 0.4) is 0 Å². The summed E-state index contributed by atoms with van der Waals surface area (Å²) in [6.07, 6.45) is 15.5. The molecule has 0 bridgehead atoms. The number of carbonyl (C=O) groups is 1. The number of esters is 1. The Morgan fingerprint density at radius 3 is 2.69 bits per heavy atom. The fourth-order valence-corrected chi connectivity index (χ4v) is 8.33. The van der Waals surface area contributed by atoms with Gasteiger partial charge in [0.05, 0.1) is 23.3 Å². The first kappa shape index (κ1) is 28.4. The molecule has 4 aliphatic rings. The van der Waals surface area contributed by atoms with Crippen molar-refractivity contribution >= 4 is 5.97 Å².